The van der Waals surface area contributed by atoms with Crippen molar-refractivity contribution in [2.24, 2.45) is 0 Å². The van der Waals surface area contributed by atoms with Crippen molar-refractivity contribution >= 4 is 26.8 Å². The van der Waals surface area contributed by atoms with Crippen molar-refractivity contribution in [3.63, 3.8) is 0 Å². The Balaban J connectivity index is 2.23. The summed E-state index contributed by atoms with van der Waals surface area (Å²) in [4.78, 5) is 10.0. The molecule has 0 N–H and O–H groups in total. The average Bonchev–Trinajstić information content (AvgIpc) is 2.55. The average molecular weight is 371 g/mol. The van der Waals surface area contributed by atoms with Crippen LogP contribution in [0.2, 0.25) is 38.3 Å². The molecule has 2 heterocycles. The zero-order valence-corrected chi connectivity index (χ0v) is 18.9. The van der Waals surface area contributed by atoms with Gasteiger partial charge >= 0.3 is 0 Å². The summed E-state index contributed by atoms with van der Waals surface area (Å²) in [7, 11) is -2.81. The molecule has 0 saturated heterocycles. The summed E-state index contributed by atoms with van der Waals surface area (Å²) in [5.74, 6) is 0. The molecule has 0 bridgehead atoms. The van der Waals surface area contributed by atoms with Crippen LogP contribution < -0.4 is 10.6 Å². The molecule has 0 aliphatic rings. The summed E-state index contributed by atoms with van der Waals surface area (Å²) in [6.45, 7) is 14.3. The Morgan fingerprint density at radius 2 is 1.08 bits per heavy atom. The molecule has 2 aromatic heterocycles. The van der Waals surface area contributed by atoms with Gasteiger partial charge in [0.15, 0.2) is 0 Å². The summed E-state index contributed by atoms with van der Waals surface area (Å²) in [6.07, 6.45) is 3.33. The zero-order valence-electron chi connectivity index (χ0n) is 16.9. The number of hydrogen-bond donors (Lipinski definition) is 0. The van der Waals surface area contributed by atoms with Crippen molar-refractivity contribution in [3.8, 4) is 0 Å². The van der Waals surface area contributed by atoms with E-state index in [0.29, 0.717) is 0 Å². The third kappa shape index (κ3) is 5.35. The fourth-order valence-electron chi connectivity index (χ4n) is 3.60. The predicted octanol–water partition coefficient (Wildman–Crippen LogP) is 4.72. The first-order valence-corrected chi connectivity index (χ1v) is 16.1. The SMILES string of the molecule is CCC[Si](C)(C)c1cccc(Cc2cccc([Si](C)(C)CCC)n2)n1. The Bertz CT molecular complexity index is 636. The fraction of sp³-hybridized carbons (Fsp3) is 0.524. The molecule has 136 valence electrons. The zero-order chi connectivity index (χ0) is 18.5. The van der Waals surface area contributed by atoms with Gasteiger partial charge in [0.1, 0.15) is 16.1 Å². The Labute approximate surface area is 156 Å². The highest BCUT2D eigenvalue weighted by atomic mass is 28.3. The van der Waals surface area contributed by atoms with Gasteiger partial charge in [-0.05, 0) is 24.3 Å². The largest absolute Gasteiger partial charge is 0.262 e. The number of rotatable bonds is 8. The van der Waals surface area contributed by atoms with Gasteiger partial charge in [0, 0.05) is 28.4 Å². The molecule has 0 unspecified atom stereocenters. The van der Waals surface area contributed by atoms with Gasteiger partial charge in [-0.1, -0.05) is 77.1 Å². The van der Waals surface area contributed by atoms with E-state index in [1.807, 2.05) is 0 Å². The van der Waals surface area contributed by atoms with E-state index in [-0.39, 0.29) is 0 Å². The molecule has 0 aliphatic heterocycles. The van der Waals surface area contributed by atoms with Gasteiger partial charge in [-0.3, -0.25) is 9.97 Å². The van der Waals surface area contributed by atoms with Crippen LogP contribution in [0.1, 0.15) is 38.1 Å². The molecule has 0 spiro atoms. The molecule has 0 aromatic carbocycles. The number of hydrogen-bond acceptors (Lipinski definition) is 2. The third-order valence-electron chi connectivity index (χ3n) is 5.11. The number of pyridine rings is 2. The molecule has 2 nitrogen and oxygen atoms in total. The molecule has 0 aliphatic carbocycles. The Kier molecular flexibility index (Phi) is 6.74. The van der Waals surface area contributed by atoms with Crippen LogP contribution in [0.4, 0.5) is 0 Å². The highest BCUT2D eigenvalue weighted by Gasteiger charge is 2.25. The lowest BCUT2D eigenvalue weighted by Gasteiger charge is -2.22. The van der Waals surface area contributed by atoms with Crippen molar-refractivity contribution < 1.29 is 0 Å². The molecule has 0 atom stereocenters. The maximum Gasteiger partial charge on any atom is 0.104 e. The van der Waals surface area contributed by atoms with E-state index in [1.54, 1.807) is 0 Å². The lowest BCUT2D eigenvalue weighted by Crippen LogP contribution is -2.44. The van der Waals surface area contributed by atoms with Crippen molar-refractivity contribution in [2.75, 3.05) is 0 Å². The molecular weight excluding hydrogens is 336 g/mol. The maximum atomic E-state index is 5.02. The highest BCUT2D eigenvalue weighted by Crippen LogP contribution is 2.14. The summed E-state index contributed by atoms with van der Waals surface area (Å²) < 4.78 is 0. The van der Waals surface area contributed by atoms with Crippen LogP contribution in [0.3, 0.4) is 0 Å². The molecule has 0 saturated carbocycles. The van der Waals surface area contributed by atoms with Gasteiger partial charge in [-0.15, -0.1) is 0 Å². The molecule has 0 radical (unpaired) electrons. The van der Waals surface area contributed by atoms with Crippen LogP contribution >= 0.6 is 0 Å². The topological polar surface area (TPSA) is 25.8 Å². The normalized spacial score (nSPS) is 12.4. The molecule has 2 aromatic rings. The van der Waals surface area contributed by atoms with Gasteiger partial charge in [-0.2, -0.15) is 0 Å². The van der Waals surface area contributed by atoms with Gasteiger partial charge < -0.3 is 0 Å². The van der Waals surface area contributed by atoms with E-state index in [2.05, 4.69) is 76.4 Å². The van der Waals surface area contributed by atoms with E-state index < -0.39 is 16.1 Å². The van der Waals surface area contributed by atoms with Crippen LogP contribution in [-0.4, -0.2) is 26.1 Å². The number of aromatic nitrogens is 2. The lowest BCUT2D eigenvalue weighted by atomic mass is 10.2. The monoisotopic (exact) mass is 370 g/mol. The minimum absolute atomic E-state index is 0.842. The number of nitrogens with zero attached hydrogens (tertiary/aromatic N) is 2. The Hall–Kier alpha value is -1.27. The van der Waals surface area contributed by atoms with E-state index in [9.17, 15) is 0 Å². The van der Waals surface area contributed by atoms with Crippen LogP contribution in [0.25, 0.3) is 0 Å². The fourth-order valence-corrected chi connectivity index (χ4v) is 8.60. The summed E-state index contributed by atoms with van der Waals surface area (Å²) in [5, 5.41) is 2.67. The van der Waals surface area contributed by atoms with E-state index >= 15 is 0 Å². The Morgan fingerprint density at radius 3 is 1.44 bits per heavy atom. The van der Waals surface area contributed by atoms with Crippen LogP contribution in [0.5, 0.6) is 0 Å². The molecule has 2 rings (SSSR count). The highest BCUT2D eigenvalue weighted by molar-refractivity contribution is 6.89. The molecule has 4 heteroatoms. The molecule has 0 fully saturated rings. The second-order valence-corrected chi connectivity index (χ2v) is 18.0. The quantitative estimate of drug-likeness (QED) is 0.628. The minimum atomic E-state index is -1.40. The second kappa shape index (κ2) is 8.41. The summed E-state index contributed by atoms with van der Waals surface area (Å²) in [6, 6.07) is 15.7. The van der Waals surface area contributed by atoms with Gasteiger partial charge in [0.05, 0.1) is 0 Å². The van der Waals surface area contributed by atoms with Crippen LogP contribution in [-0.2, 0) is 6.42 Å². The Morgan fingerprint density at radius 1 is 0.680 bits per heavy atom. The van der Waals surface area contributed by atoms with Crippen molar-refractivity contribution in [1.82, 2.24) is 9.97 Å². The van der Waals surface area contributed by atoms with Crippen molar-refractivity contribution in [2.45, 2.75) is 71.4 Å². The van der Waals surface area contributed by atoms with Crippen molar-refractivity contribution in [3.05, 3.63) is 47.8 Å². The molecular formula is C21H34N2Si2. The first-order chi connectivity index (χ1) is 11.8. The first kappa shape index (κ1) is 20.1. The summed E-state index contributed by atoms with van der Waals surface area (Å²) >= 11 is 0. The van der Waals surface area contributed by atoms with Crippen LogP contribution in [0.15, 0.2) is 36.4 Å². The minimum Gasteiger partial charge on any atom is -0.262 e. The van der Waals surface area contributed by atoms with Crippen LogP contribution in [0, 0.1) is 0 Å². The van der Waals surface area contributed by atoms with E-state index in [4.69, 9.17) is 9.97 Å². The second-order valence-electron chi connectivity index (χ2n) is 8.47. The lowest BCUT2D eigenvalue weighted by molar-refractivity contribution is 1.01. The summed E-state index contributed by atoms with van der Waals surface area (Å²) in [5.41, 5.74) is 2.32. The smallest absolute Gasteiger partial charge is 0.104 e. The van der Waals surface area contributed by atoms with Crippen molar-refractivity contribution in [1.29, 1.82) is 0 Å². The standard InChI is InChI=1S/C21H34N2Si2/c1-7-15-24(3,4)20-13-9-11-18(22-20)17-19-12-10-14-21(23-19)25(5,6)16-8-2/h9-14H,7-8,15-17H2,1-6H3. The van der Waals surface area contributed by atoms with E-state index in [1.165, 1.54) is 35.6 Å². The van der Waals surface area contributed by atoms with Gasteiger partial charge in [0.2, 0.25) is 0 Å². The third-order valence-corrected chi connectivity index (χ3v) is 11.9. The first-order valence-electron chi connectivity index (χ1n) is 9.71. The van der Waals surface area contributed by atoms with E-state index in [0.717, 1.165) is 17.8 Å². The maximum absolute atomic E-state index is 5.02. The molecule has 0 amide bonds. The van der Waals surface area contributed by atoms with Gasteiger partial charge in [-0.25, -0.2) is 0 Å². The van der Waals surface area contributed by atoms with Gasteiger partial charge in [0.25, 0.3) is 0 Å². The predicted molar refractivity (Wildman–Crippen MR) is 116 cm³/mol. The molecule has 25 heavy (non-hydrogen) atoms.